The number of nitriles is 1. The molecular weight excluding hydrogens is 208 g/mol. The van der Waals surface area contributed by atoms with Crippen LogP contribution in [0.3, 0.4) is 0 Å². The maximum atomic E-state index is 8.85. The molecule has 0 aliphatic rings. The van der Waals surface area contributed by atoms with Gasteiger partial charge in [-0.2, -0.15) is 5.26 Å². The van der Waals surface area contributed by atoms with Crippen molar-refractivity contribution in [2.75, 3.05) is 0 Å². The zero-order chi connectivity index (χ0) is 12.3. The van der Waals surface area contributed by atoms with Crippen LogP contribution in [0.5, 0.6) is 0 Å². The summed E-state index contributed by atoms with van der Waals surface area (Å²) in [7, 11) is 0. The van der Waals surface area contributed by atoms with Crippen LogP contribution in [0.25, 0.3) is 16.7 Å². The van der Waals surface area contributed by atoms with Gasteiger partial charge in [-0.3, -0.25) is 4.98 Å². The summed E-state index contributed by atoms with van der Waals surface area (Å²) in [5.74, 6) is 0. The fourth-order valence-corrected chi connectivity index (χ4v) is 1.59. The number of pyridine rings is 1. The Balaban J connectivity index is 2.40. The summed E-state index contributed by atoms with van der Waals surface area (Å²) in [5, 5.41) is 8.85. The molecule has 0 bridgehead atoms. The molecule has 0 unspecified atom stereocenters. The smallest absolute Gasteiger partial charge is 0.0991 e. The van der Waals surface area contributed by atoms with Crippen LogP contribution < -0.4 is 0 Å². The average molecular weight is 220 g/mol. The monoisotopic (exact) mass is 220 g/mol. The summed E-state index contributed by atoms with van der Waals surface area (Å²) in [6.07, 6.45) is 1.81. The molecule has 2 aromatic rings. The number of hydrogen-bond donors (Lipinski definition) is 0. The van der Waals surface area contributed by atoms with E-state index in [1.54, 1.807) is 12.3 Å². The maximum Gasteiger partial charge on any atom is 0.0991 e. The van der Waals surface area contributed by atoms with E-state index in [9.17, 15) is 0 Å². The van der Waals surface area contributed by atoms with Crippen LogP contribution in [0.1, 0.15) is 18.2 Å². The first-order chi connectivity index (χ1) is 8.20. The van der Waals surface area contributed by atoms with Crippen molar-refractivity contribution in [3.8, 4) is 17.2 Å². The van der Waals surface area contributed by atoms with Gasteiger partial charge in [0.25, 0.3) is 0 Å². The van der Waals surface area contributed by atoms with Crippen molar-refractivity contribution in [2.45, 2.75) is 6.92 Å². The fraction of sp³-hybridized carbons (Fsp3) is 0.0667. The fourth-order valence-electron chi connectivity index (χ4n) is 1.59. The summed E-state index contributed by atoms with van der Waals surface area (Å²) in [6, 6.07) is 13.6. The molecule has 82 valence electrons. The minimum atomic E-state index is 0.659. The minimum absolute atomic E-state index is 0.659. The highest BCUT2D eigenvalue weighted by Crippen LogP contribution is 2.20. The first-order valence-corrected chi connectivity index (χ1v) is 5.33. The molecule has 0 atom stereocenters. The van der Waals surface area contributed by atoms with Crippen LogP contribution in [-0.2, 0) is 0 Å². The Kier molecular flexibility index (Phi) is 3.02. The van der Waals surface area contributed by atoms with E-state index < -0.39 is 0 Å². The molecule has 0 fully saturated rings. The molecule has 0 amide bonds. The van der Waals surface area contributed by atoms with Gasteiger partial charge in [0, 0.05) is 11.8 Å². The van der Waals surface area contributed by atoms with Crippen LogP contribution in [0.15, 0.2) is 49.2 Å². The lowest BCUT2D eigenvalue weighted by atomic mass is 10.0. The van der Waals surface area contributed by atoms with Crippen LogP contribution in [0.2, 0.25) is 0 Å². The van der Waals surface area contributed by atoms with Crippen LogP contribution >= 0.6 is 0 Å². The van der Waals surface area contributed by atoms with Crippen molar-refractivity contribution < 1.29 is 0 Å². The van der Waals surface area contributed by atoms with Gasteiger partial charge >= 0.3 is 0 Å². The summed E-state index contributed by atoms with van der Waals surface area (Å²) < 4.78 is 0. The SMILES string of the molecule is C=C(C)c1ccc(-c2cccc(C#N)c2)cn1. The number of benzene rings is 1. The van der Waals surface area contributed by atoms with Crippen molar-refractivity contribution in [3.05, 3.63) is 60.4 Å². The Labute approximate surface area is 101 Å². The van der Waals surface area contributed by atoms with Crippen LogP contribution in [0.4, 0.5) is 0 Å². The largest absolute Gasteiger partial charge is 0.256 e. The highest BCUT2D eigenvalue weighted by molar-refractivity contribution is 5.66. The van der Waals surface area contributed by atoms with Crippen LogP contribution in [0, 0.1) is 11.3 Å². The first kappa shape index (κ1) is 11.1. The van der Waals surface area contributed by atoms with E-state index in [0.717, 1.165) is 22.4 Å². The third-order valence-electron chi connectivity index (χ3n) is 2.53. The number of rotatable bonds is 2. The van der Waals surface area contributed by atoms with Gasteiger partial charge in [-0.25, -0.2) is 0 Å². The minimum Gasteiger partial charge on any atom is -0.256 e. The molecule has 0 aliphatic heterocycles. The molecule has 2 heteroatoms. The van der Waals surface area contributed by atoms with Gasteiger partial charge in [0.15, 0.2) is 0 Å². The topological polar surface area (TPSA) is 36.7 Å². The third kappa shape index (κ3) is 2.40. The zero-order valence-corrected chi connectivity index (χ0v) is 9.64. The van der Waals surface area contributed by atoms with Gasteiger partial charge in [-0.15, -0.1) is 0 Å². The first-order valence-electron chi connectivity index (χ1n) is 5.33. The van der Waals surface area contributed by atoms with Crippen molar-refractivity contribution in [1.29, 1.82) is 5.26 Å². The molecule has 1 aromatic carbocycles. The number of hydrogen-bond acceptors (Lipinski definition) is 2. The molecule has 0 saturated heterocycles. The molecule has 0 N–H and O–H groups in total. The third-order valence-corrected chi connectivity index (χ3v) is 2.53. The average Bonchev–Trinajstić information content (AvgIpc) is 2.39. The predicted molar refractivity (Wildman–Crippen MR) is 69.1 cm³/mol. The van der Waals surface area contributed by atoms with Gasteiger partial charge in [-0.1, -0.05) is 24.8 Å². The van der Waals surface area contributed by atoms with E-state index in [4.69, 9.17) is 5.26 Å². The molecule has 0 aliphatic carbocycles. The van der Waals surface area contributed by atoms with Crippen LogP contribution in [-0.4, -0.2) is 4.98 Å². The Bertz CT molecular complexity index is 589. The second kappa shape index (κ2) is 4.63. The predicted octanol–water partition coefficient (Wildman–Crippen LogP) is 3.65. The lowest BCUT2D eigenvalue weighted by Crippen LogP contribution is -1.86. The molecule has 0 saturated carbocycles. The molecule has 1 aromatic heterocycles. The molecular formula is C15H12N2. The molecule has 0 radical (unpaired) electrons. The standard InChI is InChI=1S/C15H12N2/c1-11(2)15-7-6-14(10-17-15)13-5-3-4-12(8-13)9-16/h3-8,10H,1H2,2H3. The van der Waals surface area contributed by atoms with E-state index in [1.165, 1.54) is 0 Å². The van der Waals surface area contributed by atoms with Crippen molar-refractivity contribution in [1.82, 2.24) is 4.98 Å². The van der Waals surface area contributed by atoms with E-state index in [-0.39, 0.29) is 0 Å². The van der Waals surface area contributed by atoms with Gasteiger partial charge in [-0.05, 0) is 36.3 Å². The van der Waals surface area contributed by atoms with E-state index in [0.29, 0.717) is 5.56 Å². The van der Waals surface area contributed by atoms with Gasteiger partial charge in [0.05, 0.1) is 17.3 Å². The Morgan fingerprint density at radius 2 is 2.06 bits per heavy atom. The van der Waals surface area contributed by atoms with E-state index in [2.05, 4.69) is 17.6 Å². The normalized spacial score (nSPS) is 9.65. The Hall–Kier alpha value is -2.40. The molecule has 2 nitrogen and oxygen atoms in total. The molecule has 0 spiro atoms. The van der Waals surface area contributed by atoms with Gasteiger partial charge in [0.2, 0.25) is 0 Å². The van der Waals surface area contributed by atoms with Gasteiger partial charge < -0.3 is 0 Å². The van der Waals surface area contributed by atoms with Gasteiger partial charge in [0.1, 0.15) is 0 Å². The lowest BCUT2D eigenvalue weighted by Gasteiger charge is -2.03. The number of nitrogens with zero attached hydrogens (tertiary/aromatic N) is 2. The van der Waals surface area contributed by atoms with E-state index in [1.807, 2.05) is 37.3 Å². The highest BCUT2D eigenvalue weighted by atomic mass is 14.7. The Morgan fingerprint density at radius 3 is 2.65 bits per heavy atom. The molecule has 17 heavy (non-hydrogen) atoms. The zero-order valence-electron chi connectivity index (χ0n) is 9.64. The molecule has 2 rings (SSSR count). The van der Waals surface area contributed by atoms with Crippen molar-refractivity contribution in [2.24, 2.45) is 0 Å². The summed E-state index contributed by atoms with van der Waals surface area (Å²) in [6.45, 7) is 5.78. The highest BCUT2D eigenvalue weighted by Gasteiger charge is 2.00. The maximum absolute atomic E-state index is 8.85. The second-order valence-corrected chi connectivity index (χ2v) is 3.91. The number of aromatic nitrogens is 1. The molecule has 1 heterocycles. The second-order valence-electron chi connectivity index (χ2n) is 3.91. The summed E-state index contributed by atoms with van der Waals surface area (Å²) in [5.41, 5.74) is 4.51. The lowest BCUT2D eigenvalue weighted by molar-refractivity contribution is 1.27. The van der Waals surface area contributed by atoms with Crippen molar-refractivity contribution >= 4 is 5.57 Å². The van der Waals surface area contributed by atoms with E-state index >= 15 is 0 Å². The summed E-state index contributed by atoms with van der Waals surface area (Å²) >= 11 is 0. The summed E-state index contributed by atoms with van der Waals surface area (Å²) in [4.78, 5) is 4.33. The number of allylic oxidation sites excluding steroid dienone is 1. The van der Waals surface area contributed by atoms with Crippen molar-refractivity contribution in [3.63, 3.8) is 0 Å². The quantitative estimate of drug-likeness (QED) is 0.774. The Morgan fingerprint density at radius 1 is 1.24 bits per heavy atom.